The van der Waals surface area contributed by atoms with Crippen LogP contribution in [0.1, 0.15) is 26.7 Å². The lowest BCUT2D eigenvalue weighted by molar-refractivity contribution is 0.285. The lowest BCUT2D eigenvalue weighted by atomic mass is 10.1. The molecule has 1 fully saturated rings. The maximum absolute atomic E-state index is 12.6. The second-order valence-electron chi connectivity index (χ2n) is 5.51. The molecule has 1 aliphatic rings. The van der Waals surface area contributed by atoms with E-state index in [0.717, 1.165) is 31.7 Å². The van der Waals surface area contributed by atoms with Gasteiger partial charge >= 0.3 is 0 Å². The van der Waals surface area contributed by atoms with E-state index in [-0.39, 0.29) is 6.04 Å². The summed E-state index contributed by atoms with van der Waals surface area (Å²) in [5, 5.41) is 0. The number of pyridine rings is 1. The predicted molar refractivity (Wildman–Crippen MR) is 89.1 cm³/mol. The van der Waals surface area contributed by atoms with Crippen LogP contribution in [0.3, 0.4) is 0 Å². The van der Waals surface area contributed by atoms with E-state index in [2.05, 4.69) is 9.88 Å². The Morgan fingerprint density at radius 2 is 1.86 bits per heavy atom. The summed E-state index contributed by atoms with van der Waals surface area (Å²) in [6.07, 6.45) is 3.44. The molecule has 0 bridgehead atoms. The highest BCUT2D eigenvalue weighted by Gasteiger charge is 2.32. The van der Waals surface area contributed by atoms with Crippen molar-refractivity contribution in [2.24, 2.45) is 0 Å². The second-order valence-corrected chi connectivity index (χ2v) is 7.50. The van der Waals surface area contributed by atoms with E-state index in [4.69, 9.17) is 0 Å². The molecule has 0 amide bonds. The van der Waals surface area contributed by atoms with E-state index in [1.165, 1.54) is 4.31 Å². The Morgan fingerprint density at radius 1 is 1.23 bits per heavy atom. The summed E-state index contributed by atoms with van der Waals surface area (Å²) in [5.74, 6) is 0.968. The molecule has 0 radical (unpaired) electrons. The topological polar surface area (TPSA) is 56.8 Å². The predicted octanol–water partition coefficient (Wildman–Crippen LogP) is 1.57. The number of aromatic nitrogens is 1. The van der Waals surface area contributed by atoms with Crippen LogP contribution in [0.2, 0.25) is 0 Å². The van der Waals surface area contributed by atoms with Crippen LogP contribution < -0.4 is 4.90 Å². The number of rotatable bonds is 6. The van der Waals surface area contributed by atoms with Gasteiger partial charge < -0.3 is 4.90 Å². The van der Waals surface area contributed by atoms with Crippen LogP contribution in [0.25, 0.3) is 0 Å². The Kier molecular flexibility index (Phi) is 5.77. The summed E-state index contributed by atoms with van der Waals surface area (Å²) < 4.78 is 28.2. The van der Waals surface area contributed by atoms with Gasteiger partial charge in [0.2, 0.25) is 0 Å². The third-order valence-electron chi connectivity index (χ3n) is 4.35. The molecule has 0 atom stereocenters. The Labute approximate surface area is 133 Å². The molecule has 22 heavy (non-hydrogen) atoms. The lowest BCUT2D eigenvalue weighted by Crippen LogP contribution is -2.50. The van der Waals surface area contributed by atoms with Crippen molar-refractivity contribution < 1.29 is 8.42 Å². The van der Waals surface area contributed by atoms with E-state index < -0.39 is 10.2 Å². The van der Waals surface area contributed by atoms with E-state index in [9.17, 15) is 8.42 Å². The third-order valence-corrected chi connectivity index (χ3v) is 6.54. The SMILES string of the molecule is CCN(CC)S(=O)(=O)N(C)C1CCN(c2ccccn2)CC1. The van der Waals surface area contributed by atoms with Crippen LogP contribution in [0, 0.1) is 0 Å². The highest BCUT2D eigenvalue weighted by Crippen LogP contribution is 2.22. The fraction of sp³-hybridized carbons (Fsp3) is 0.667. The number of anilines is 1. The minimum absolute atomic E-state index is 0.0607. The van der Waals surface area contributed by atoms with Crippen LogP contribution >= 0.6 is 0 Å². The summed E-state index contributed by atoms with van der Waals surface area (Å²) in [5.41, 5.74) is 0. The Balaban J connectivity index is 1.99. The van der Waals surface area contributed by atoms with Crippen molar-refractivity contribution in [3.63, 3.8) is 0 Å². The number of piperidine rings is 1. The first-order chi connectivity index (χ1) is 10.5. The van der Waals surface area contributed by atoms with Gasteiger partial charge in [-0.1, -0.05) is 19.9 Å². The number of nitrogens with zero attached hydrogens (tertiary/aromatic N) is 4. The zero-order valence-corrected chi connectivity index (χ0v) is 14.5. The summed E-state index contributed by atoms with van der Waals surface area (Å²) in [6, 6.07) is 5.94. The Morgan fingerprint density at radius 3 is 2.36 bits per heavy atom. The molecule has 2 rings (SSSR count). The van der Waals surface area contributed by atoms with Crippen LogP contribution in [0.15, 0.2) is 24.4 Å². The molecule has 1 saturated heterocycles. The molecule has 0 N–H and O–H groups in total. The van der Waals surface area contributed by atoms with Gasteiger partial charge in [-0.15, -0.1) is 0 Å². The van der Waals surface area contributed by atoms with Gasteiger partial charge in [-0.2, -0.15) is 17.0 Å². The van der Waals surface area contributed by atoms with E-state index in [0.29, 0.717) is 13.1 Å². The smallest absolute Gasteiger partial charge is 0.281 e. The van der Waals surface area contributed by atoms with Gasteiger partial charge in [-0.3, -0.25) is 0 Å². The molecule has 1 aromatic heterocycles. The fourth-order valence-corrected chi connectivity index (χ4v) is 4.52. The van der Waals surface area contributed by atoms with E-state index >= 15 is 0 Å². The molecule has 6 nitrogen and oxygen atoms in total. The molecule has 0 aliphatic carbocycles. The molecule has 124 valence electrons. The maximum atomic E-state index is 12.6. The molecule has 0 spiro atoms. The van der Waals surface area contributed by atoms with Crippen molar-refractivity contribution in [2.75, 3.05) is 38.1 Å². The van der Waals surface area contributed by atoms with Crippen LogP contribution in [0.4, 0.5) is 5.82 Å². The molecule has 1 aromatic rings. The zero-order chi connectivity index (χ0) is 16.2. The van der Waals surface area contributed by atoms with Crippen molar-refractivity contribution in [1.82, 2.24) is 13.6 Å². The largest absolute Gasteiger partial charge is 0.357 e. The molecule has 0 unspecified atom stereocenters. The van der Waals surface area contributed by atoms with Gasteiger partial charge in [0.15, 0.2) is 0 Å². The zero-order valence-electron chi connectivity index (χ0n) is 13.6. The van der Waals surface area contributed by atoms with E-state index in [1.807, 2.05) is 32.0 Å². The maximum Gasteiger partial charge on any atom is 0.281 e. The minimum Gasteiger partial charge on any atom is -0.357 e. The lowest BCUT2D eigenvalue weighted by Gasteiger charge is -2.38. The molecular weight excluding hydrogens is 300 g/mol. The molecule has 7 heteroatoms. The van der Waals surface area contributed by atoms with Crippen LogP contribution in [-0.4, -0.2) is 61.3 Å². The summed E-state index contributed by atoms with van der Waals surface area (Å²) in [4.78, 5) is 6.58. The van der Waals surface area contributed by atoms with Gasteiger partial charge in [-0.05, 0) is 25.0 Å². The van der Waals surface area contributed by atoms with Gasteiger partial charge in [0.1, 0.15) is 5.82 Å². The second kappa shape index (κ2) is 7.39. The monoisotopic (exact) mass is 326 g/mol. The molecular formula is C15H26N4O2S. The first-order valence-corrected chi connectivity index (χ1v) is 9.29. The van der Waals surface area contributed by atoms with Gasteiger partial charge in [-0.25, -0.2) is 4.98 Å². The Hall–Kier alpha value is -1.18. The first kappa shape index (κ1) is 17.2. The third kappa shape index (κ3) is 3.59. The molecule has 2 heterocycles. The first-order valence-electron chi connectivity index (χ1n) is 7.89. The fourth-order valence-electron chi connectivity index (χ4n) is 2.92. The van der Waals surface area contributed by atoms with Gasteiger partial charge in [0.05, 0.1) is 0 Å². The normalized spacial score (nSPS) is 17.4. The highest BCUT2D eigenvalue weighted by molar-refractivity contribution is 7.86. The minimum atomic E-state index is -3.35. The van der Waals surface area contributed by atoms with Crippen molar-refractivity contribution >= 4 is 16.0 Å². The highest BCUT2D eigenvalue weighted by atomic mass is 32.2. The van der Waals surface area contributed by atoms with Gasteiger partial charge in [0, 0.05) is 45.5 Å². The van der Waals surface area contributed by atoms with Crippen molar-refractivity contribution in [2.45, 2.75) is 32.7 Å². The molecule has 1 aliphatic heterocycles. The average molecular weight is 326 g/mol. The summed E-state index contributed by atoms with van der Waals surface area (Å²) in [6.45, 7) is 6.43. The van der Waals surface area contributed by atoms with Crippen LogP contribution in [0.5, 0.6) is 0 Å². The van der Waals surface area contributed by atoms with Crippen molar-refractivity contribution in [3.05, 3.63) is 24.4 Å². The number of hydrogen-bond donors (Lipinski definition) is 0. The Bertz CT molecular complexity index is 552. The summed E-state index contributed by atoms with van der Waals surface area (Å²) >= 11 is 0. The standard InChI is InChI=1S/C15H26N4O2S/c1-4-19(5-2)22(20,21)17(3)14-9-12-18(13-10-14)15-8-6-7-11-16-15/h6-8,11,14H,4-5,9-10,12-13H2,1-3H3. The molecule has 0 aromatic carbocycles. The van der Waals surface area contributed by atoms with Gasteiger partial charge in [0.25, 0.3) is 10.2 Å². The van der Waals surface area contributed by atoms with Crippen LogP contribution in [-0.2, 0) is 10.2 Å². The summed E-state index contributed by atoms with van der Waals surface area (Å²) in [7, 11) is -1.65. The average Bonchev–Trinajstić information content (AvgIpc) is 2.56. The number of hydrogen-bond acceptors (Lipinski definition) is 4. The quantitative estimate of drug-likeness (QED) is 0.796. The van der Waals surface area contributed by atoms with E-state index in [1.54, 1.807) is 17.5 Å². The van der Waals surface area contributed by atoms with Crippen molar-refractivity contribution in [3.8, 4) is 0 Å². The molecule has 0 saturated carbocycles. The van der Waals surface area contributed by atoms with Crippen molar-refractivity contribution in [1.29, 1.82) is 0 Å².